The van der Waals surface area contributed by atoms with Gasteiger partial charge in [0.15, 0.2) is 0 Å². The quantitative estimate of drug-likeness (QED) is 0.473. The van der Waals surface area contributed by atoms with E-state index in [1.54, 1.807) is 0 Å². The van der Waals surface area contributed by atoms with Crippen molar-refractivity contribution in [2.24, 2.45) is 10.8 Å². The van der Waals surface area contributed by atoms with E-state index in [9.17, 15) is 14.4 Å². The second-order valence-electron chi connectivity index (χ2n) is 5.53. The Morgan fingerprint density at radius 2 is 2.05 bits per heavy atom. The van der Waals surface area contributed by atoms with Gasteiger partial charge in [-0.3, -0.25) is 14.9 Å². The second kappa shape index (κ2) is 4.79. The molecule has 5 nitrogen and oxygen atoms in total. The highest BCUT2D eigenvalue weighted by molar-refractivity contribution is 6.09. The molecule has 1 aliphatic carbocycles. The molecule has 19 heavy (non-hydrogen) atoms. The molecule has 0 radical (unpaired) electrons. The molecule has 2 fully saturated rings. The summed E-state index contributed by atoms with van der Waals surface area (Å²) in [6.07, 6.45) is 4.74. The molecule has 2 rings (SSSR count). The number of ether oxygens (including phenoxy) is 1. The molecule has 1 saturated carbocycles. The molecule has 0 spiro atoms. The lowest BCUT2D eigenvalue weighted by Gasteiger charge is -2.43. The van der Waals surface area contributed by atoms with E-state index >= 15 is 0 Å². The zero-order chi connectivity index (χ0) is 14.1. The van der Waals surface area contributed by atoms with E-state index < -0.39 is 16.8 Å². The Hall–Kier alpha value is -1.65. The maximum atomic E-state index is 12.2. The molecule has 1 heterocycles. The molecule has 0 aromatic rings. The van der Waals surface area contributed by atoms with Gasteiger partial charge in [-0.05, 0) is 26.2 Å². The fourth-order valence-electron chi connectivity index (χ4n) is 3.38. The van der Waals surface area contributed by atoms with E-state index in [1.807, 2.05) is 6.92 Å². The normalized spacial score (nSPS) is 33.5. The van der Waals surface area contributed by atoms with Crippen LogP contribution in [0.15, 0.2) is 12.7 Å². The first-order chi connectivity index (χ1) is 8.96. The van der Waals surface area contributed by atoms with Crippen molar-refractivity contribution in [3.8, 4) is 0 Å². The molecule has 2 amide bonds. The Morgan fingerprint density at radius 1 is 1.37 bits per heavy atom. The molecule has 0 aromatic heterocycles. The zero-order valence-corrected chi connectivity index (χ0v) is 11.2. The average Bonchev–Trinajstić information content (AvgIpc) is 2.58. The number of hydrogen-bond acceptors (Lipinski definition) is 4. The monoisotopic (exact) mass is 265 g/mol. The highest BCUT2D eigenvalue weighted by Gasteiger charge is 2.63. The van der Waals surface area contributed by atoms with Crippen LogP contribution in [0.25, 0.3) is 0 Å². The van der Waals surface area contributed by atoms with Crippen LogP contribution in [-0.4, -0.2) is 24.4 Å². The van der Waals surface area contributed by atoms with Crippen molar-refractivity contribution in [2.45, 2.75) is 39.0 Å². The third kappa shape index (κ3) is 1.97. The lowest BCUT2D eigenvalue weighted by atomic mass is 9.57. The van der Waals surface area contributed by atoms with E-state index in [-0.39, 0.29) is 18.4 Å². The van der Waals surface area contributed by atoms with Crippen LogP contribution < -0.4 is 5.32 Å². The molecular formula is C14H19NO4. The summed E-state index contributed by atoms with van der Waals surface area (Å²) in [5.41, 5.74) is -1.38. The SMILES string of the molecule is C=CC(=O)OCCC12CCCCC1(C)C(=O)NC2=O. The predicted octanol–water partition coefficient (Wildman–Crippen LogP) is 1.33. The summed E-state index contributed by atoms with van der Waals surface area (Å²) >= 11 is 0. The first-order valence-corrected chi connectivity index (χ1v) is 6.61. The standard InChI is InChI=1S/C14H19NO4/c1-3-10(16)19-9-8-14-7-5-4-6-13(14,2)11(17)15-12(14)18/h3H,1,4-9H2,2H3,(H,15,17,18). The highest BCUT2D eigenvalue weighted by Crippen LogP contribution is 2.56. The van der Waals surface area contributed by atoms with Gasteiger partial charge in [0, 0.05) is 6.08 Å². The summed E-state index contributed by atoms with van der Waals surface area (Å²) in [4.78, 5) is 35.3. The third-order valence-corrected chi connectivity index (χ3v) is 4.69. The van der Waals surface area contributed by atoms with Gasteiger partial charge in [-0.2, -0.15) is 0 Å². The zero-order valence-electron chi connectivity index (χ0n) is 11.2. The topological polar surface area (TPSA) is 72.5 Å². The Kier molecular flexibility index (Phi) is 3.47. The molecule has 1 aliphatic heterocycles. The van der Waals surface area contributed by atoms with Gasteiger partial charge in [0.25, 0.3) is 0 Å². The predicted molar refractivity (Wildman–Crippen MR) is 67.9 cm³/mol. The molecule has 104 valence electrons. The van der Waals surface area contributed by atoms with Gasteiger partial charge >= 0.3 is 5.97 Å². The van der Waals surface area contributed by atoms with Crippen molar-refractivity contribution in [3.63, 3.8) is 0 Å². The molecule has 1 N–H and O–H groups in total. The van der Waals surface area contributed by atoms with Crippen molar-refractivity contribution >= 4 is 17.8 Å². The largest absolute Gasteiger partial charge is 0.463 e. The fourth-order valence-corrected chi connectivity index (χ4v) is 3.38. The lowest BCUT2D eigenvalue weighted by molar-refractivity contribution is -0.145. The number of hydrogen-bond donors (Lipinski definition) is 1. The number of amides is 2. The van der Waals surface area contributed by atoms with E-state index in [0.717, 1.165) is 18.9 Å². The first-order valence-electron chi connectivity index (χ1n) is 6.61. The van der Waals surface area contributed by atoms with Crippen molar-refractivity contribution in [3.05, 3.63) is 12.7 Å². The molecule has 2 atom stereocenters. The molecular weight excluding hydrogens is 246 g/mol. The van der Waals surface area contributed by atoms with Crippen molar-refractivity contribution in [1.29, 1.82) is 0 Å². The summed E-state index contributed by atoms with van der Waals surface area (Å²) in [5.74, 6) is -0.903. The van der Waals surface area contributed by atoms with Crippen LogP contribution in [-0.2, 0) is 19.1 Å². The number of imide groups is 1. The number of nitrogens with one attached hydrogen (secondary N) is 1. The van der Waals surface area contributed by atoms with E-state index in [0.29, 0.717) is 19.3 Å². The fraction of sp³-hybridized carbons (Fsp3) is 0.643. The molecule has 2 unspecified atom stereocenters. The Balaban J connectivity index is 2.17. The Bertz CT molecular complexity index is 445. The summed E-state index contributed by atoms with van der Waals surface area (Å²) in [6, 6.07) is 0. The van der Waals surface area contributed by atoms with Gasteiger partial charge in [0.1, 0.15) is 0 Å². The summed E-state index contributed by atoms with van der Waals surface area (Å²) in [7, 11) is 0. The lowest BCUT2D eigenvalue weighted by Crippen LogP contribution is -2.46. The number of carbonyl (C=O) groups excluding carboxylic acids is 3. The summed E-state index contributed by atoms with van der Waals surface area (Å²) in [5, 5.41) is 2.45. The average molecular weight is 265 g/mol. The maximum Gasteiger partial charge on any atom is 0.330 e. The molecule has 1 saturated heterocycles. The highest BCUT2D eigenvalue weighted by atomic mass is 16.5. The minimum absolute atomic E-state index is 0.140. The summed E-state index contributed by atoms with van der Waals surface area (Å²) < 4.78 is 4.98. The van der Waals surface area contributed by atoms with E-state index in [1.165, 1.54) is 0 Å². The molecule has 2 aliphatic rings. The number of rotatable bonds is 4. The first kappa shape index (κ1) is 13.8. The van der Waals surface area contributed by atoms with Crippen LogP contribution >= 0.6 is 0 Å². The smallest absolute Gasteiger partial charge is 0.330 e. The van der Waals surface area contributed by atoms with Gasteiger partial charge in [0.2, 0.25) is 11.8 Å². The number of carbonyl (C=O) groups is 3. The van der Waals surface area contributed by atoms with E-state index in [4.69, 9.17) is 4.74 Å². The number of esters is 1. The molecule has 5 heteroatoms. The van der Waals surface area contributed by atoms with Gasteiger partial charge in [-0.1, -0.05) is 19.4 Å². The van der Waals surface area contributed by atoms with Crippen LogP contribution in [0, 0.1) is 10.8 Å². The summed E-state index contributed by atoms with van der Waals surface area (Å²) in [6.45, 7) is 5.31. The van der Waals surface area contributed by atoms with Gasteiger partial charge in [0.05, 0.1) is 17.4 Å². The van der Waals surface area contributed by atoms with Gasteiger partial charge in [-0.15, -0.1) is 0 Å². The van der Waals surface area contributed by atoms with Crippen molar-refractivity contribution < 1.29 is 19.1 Å². The maximum absolute atomic E-state index is 12.2. The Morgan fingerprint density at radius 3 is 2.74 bits per heavy atom. The van der Waals surface area contributed by atoms with Crippen LogP contribution in [0.4, 0.5) is 0 Å². The number of fused-ring (bicyclic) bond motifs is 1. The minimum Gasteiger partial charge on any atom is -0.463 e. The Labute approximate surface area is 112 Å². The molecule has 0 aromatic carbocycles. The van der Waals surface area contributed by atoms with Crippen LogP contribution in [0.3, 0.4) is 0 Å². The van der Waals surface area contributed by atoms with Crippen LogP contribution in [0.1, 0.15) is 39.0 Å². The second-order valence-corrected chi connectivity index (χ2v) is 5.53. The minimum atomic E-state index is -0.718. The van der Waals surface area contributed by atoms with Crippen molar-refractivity contribution in [2.75, 3.05) is 6.61 Å². The van der Waals surface area contributed by atoms with Gasteiger partial charge in [-0.25, -0.2) is 4.79 Å². The third-order valence-electron chi connectivity index (χ3n) is 4.69. The molecule has 0 bridgehead atoms. The van der Waals surface area contributed by atoms with Crippen LogP contribution in [0.2, 0.25) is 0 Å². The van der Waals surface area contributed by atoms with Crippen LogP contribution in [0.5, 0.6) is 0 Å². The van der Waals surface area contributed by atoms with E-state index in [2.05, 4.69) is 11.9 Å². The van der Waals surface area contributed by atoms with Crippen molar-refractivity contribution in [1.82, 2.24) is 5.32 Å². The van der Waals surface area contributed by atoms with Gasteiger partial charge < -0.3 is 4.74 Å².